The Balaban J connectivity index is 2.42. The summed E-state index contributed by atoms with van der Waals surface area (Å²) in [6.45, 7) is 7.47. The van der Waals surface area contributed by atoms with Crippen molar-refractivity contribution in [2.45, 2.75) is 26.8 Å². The first-order valence-corrected chi connectivity index (χ1v) is 5.93. The summed E-state index contributed by atoms with van der Waals surface area (Å²) in [6, 6.07) is 3.77. The summed E-state index contributed by atoms with van der Waals surface area (Å²) in [4.78, 5) is 11.8. The number of carbonyl (C=O) groups excluding carboxylic acids is 1. The highest BCUT2D eigenvalue weighted by Crippen LogP contribution is 2.03. The third kappa shape index (κ3) is 3.70. The monoisotopic (exact) mass is 223 g/mol. The van der Waals surface area contributed by atoms with E-state index in [1.54, 1.807) is 0 Å². The number of nitrogens with zero attached hydrogens (tertiary/aromatic N) is 1. The SMILES string of the molecule is CCCn1cccc1C(=O)NCCNCC. The Morgan fingerprint density at radius 2 is 2.19 bits per heavy atom. The number of carbonyl (C=O) groups is 1. The van der Waals surface area contributed by atoms with E-state index < -0.39 is 0 Å². The molecule has 1 rings (SSSR count). The summed E-state index contributed by atoms with van der Waals surface area (Å²) < 4.78 is 1.99. The van der Waals surface area contributed by atoms with Crippen molar-refractivity contribution in [2.24, 2.45) is 0 Å². The van der Waals surface area contributed by atoms with Gasteiger partial charge in [-0.15, -0.1) is 0 Å². The molecule has 1 aromatic rings. The second-order valence-corrected chi connectivity index (χ2v) is 3.70. The van der Waals surface area contributed by atoms with E-state index in [0.29, 0.717) is 6.54 Å². The molecule has 4 nitrogen and oxygen atoms in total. The van der Waals surface area contributed by atoms with Gasteiger partial charge in [0.15, 0.2) is 0 Å². The van der Waals surface area contributed by atoms with Crippen LogP contribution in [-0.2, 0) is 6.54 Å². The number of likely N-dealkylation sites (N-methyl/N-ethyl adjacent to an activating group) is 1. The molecule has 1 aromatic heterocycles. The molecule has 0 aliphatic carbocycles. The first-order valence-electron chi connectivity index (χ1n) is 5.93. The van der Waals surface area contributed by atoms with E-state index in [1.807, 2.05) is 29.8 Å². The van der Waals surface area contributed by atoms with Crippen LogP contribution in [0.3, 0.4) is 0 Å². The number of aromatic nitrogens is 1. The van der Waals surface area contributed by atoms with Crippen molar-refractivity contribution in [3.63, 3.8) is 0 Å². The van der Waals surface area contributed by atoms with Gasteiger partial charge in [-0.2, -0.15) is 0 Å². The van der Waals surface area contributed by atoms with E-state index in [2.05, 4.69) is 17.6 Å². The zero-order valence-electron chi connectivity index (χ0n) is 10.1. The van der Waals surface area contributed by atoms with Gasteiger partial charge in [0.05, 0.1) is 0 Å². The van der Waals surface area contributed by atoms with E-state index >= 15 is 0 Å². The van der Waals surface area contributed by atoms with Crippen molar-refractivity contribution in [1.82, 2.24) is 15.2 Å². The maximum atomic E-state index is 11.8. The van der Waals surface area contributed by atoms with Crippen molar-refractivity contribution in [2.75, 3.05) is 19.6 Å². The van der Waals surface area contributed by atoms with Crippen LogP contribution in [0.2, 0.25) is 0 Å². The molecule has 90 valence electrons. The Hall–Kier alpha value is -1.29. The second-order valence-electron chi connectivity index (χ2n) is 3.70. The molecule has 0 aliphatic rings. The zero-order valence-corrected chi connectivity index (χ0v) is 10.1. The fourth-order valence-corrected chi connectivity index (χ4v) is 1.59. The zero-order chi connectivity index (χ0) is 11.8. The lowest BCUT2D eigenvalue weighted by Gasteiger charge is -2.08. The van der Waals surface area contributed by atoms with Gasteiger partial charge in [0.1, 0.15) is 5.69 Å². The van der Waals surface area contributed by atoms with E-state index in [1.165, 1.54) is 0 Å². The maximum absolute atomic E-state index is 11.8. The molecule has 1 heterocycles. The summed E-state index contributed by atoms with van der Waals surface area (Å²) >= 11 is 0. The van der Waals surface area contributed by atoms with Crippen LogP contribution in [0.4, 0.5) is 0 Å². The smallest absolute Gasteiger partial charge is 0.267 e. The molecule has 0 spiro atoms. The fraction of sp³-hybridized carbons (Fsp3) is 0.583. The molecule has 0 radical (unpaired) electrons. The number of aryl methyl sites for hydroxylation is 1. The van der Waals surface area contributed by atoms with Crippen LogP contribution in [-0.4, -0.2) is 30.1 Å². The molecular weight excluding hydrogens is 202 g/mol. The highest BCUT2D eigenvalue weighted by atomic mass is 16.1. The number of rotatable bonds is 7. The number of hydrogen-bond acceptors (Lipinski definition) is 2. The van der Waals surface area contributed by atoms with Crippen LogP contribution in [0, 0.1) is 0 Å². The average Bonchev–Trinajstić information content (AvgIpc) is 2.73. The van der Waals surface area contributed by atoms with Crippen molar-refractivity contribution in [1.29, 1.82) is 0 Å². The highest BCUT2D eigenvalue weighted by Gasteiger charge is 2.08. The lowest BCUT2D eigenvalue weighted by Crippen LogP contribution is -2.32. The van der Waals surface area contributed by atoms with Crippen LogP contribution >= 0.6 is 0 Å². The van der Waals surface area contributed by atoms with Crippen molar-refractivity contribution >= 4 is 5.91 Å². The van der Waals surface area contributed by atoms with Crippen LogP contribution in [0.15, 0.2) is 18.3 Å². The minimum atomic E-state index is 0.0105. The fourth-order valence-electron chi connectivity index (χ4n) is 1.59. The minimum Gasteiger partial charge on any atom is -0.349 e. The molecule has 2 N–H and O–H groups in total. The molecule has 0 unspecified atom stereocenters. The Morgan fingerprint density at radius 3 is 2.88 bits per heavy atom. The van der Waals surface area contributed by atoms with E-state index in [9.17, 15) is 4.79 Å². The van der Waals surface area contributed by atoms with Gasteiger partial charge in [0.2, 0.25) is 0 Å². The average molecular weight is 223 g/mol. The van der Waals surface area contributed by atoms with E-state index in [0.717, 1.165) is 31.7 Å². The van der Waals surface area contributed by atoms with Gasteiger partial charge in [0, 0.05) is 25.8 Å². The summed E-state index contributed by atoms with van der Waals surface area (Å²) in [6.07, 6.45) is 2.98. The van der Waals surface area contributed by atoms with Crippen LogP contribution in [0.5, 0.6) is 0 Å². The molecule has 0 saturated carbocycles. The maximum Gasteiger partial charge on any atom is 0.267 e. The Kier molecular flexibility index (Phi) is 5.64. The quantitative estimate of drug-likeness (QED) is 0.683. The topological polar surface area (TPSA) is 46.1 Å². The molecule has 0 aliphatic heterocycles. The number of nitrogens with one attached hydrogen (secondary N) is 2. The lowest BCUT2D eigenvalue weighted by molar-refractivity contribution is 0.0944. The molecular formula is C12H21N3O. The van der Waals surface area contributed by atoms with Gasteiger partial charge in [-0.05, 0) is 25.1 Å². The Bertz CT molecular complexity index is 320. The number of amides is 1. The molecule has 0 saturated heterocycles. The first-order chi connectivity index (χ1) is 7.79. The summed E-state index contributed by atoms with van der Waals surface area (Å²) in [5.74, 6) is 0.0105. The third-order valence-electron chi connectivity index (χ3n) is 2.36. The third-order valence-corrected chi connectivity index (χ3v) is 2.36. The highest BCUT2D eigenvalue weighted by molar-refractivity contribution is 5.92. The predicted octanol–water partition coefficient (Wildman–Crippen LogP) is 1.24. The largest absolute Gasteiger partial charge is 0.349 e. The normalized spacial score (nSPS) is 10.4. The standard InChI is InChI=1S/C12H21N3O/c1-3-9-15-10-5-6-11(15)12(16)14-8-7-13-4-2/h5-6,10,13H,3-4,7-9H2,1-2H3,(H,14,16). The summed E-state index contributed by atoms with van der Waals surface area (Å²) in [5.41, 5.74) is 0.748. The van der Waals surface area contributed by atoms with Crippen LogP contribution < -0.4 is 10.6 Å². The van der Waals surface area contributed by atoms with Gasteiger partial charge in [-0.3, -0.25) is 4.79 Å². The number of hydrogen-bond donors (Lipinski definition) is 2. The van der Waals surface area contributed by atoms with E-state index in [4.69, 9.17) is 0 Å². The molecule has 0 fully saturated rings. The predicted molar refractivity (Wildman–Crippen MR) is 65.6 cm³/mol. The van der Waals surface area contributed by atoms with Crippen LogP contribution in [0.1, 0.15) is 30.8 Å². The molecule has 0 atom stereocenters. The summed E-state index contributed by atoms with van der Waals surface area (Å²) in [7, 11) is 0. The van der Waals surface area contributed by atoms with Crippen molar-refractivity contribution in [3.05, 3.63) is 24.0 Å². The van der Waals surface area contributed by atoms with E-state index in [-0.39, 0.29) is 5.91 Å². The lowest BCUT2D eigenvalue weighted by atomic mass is 10.3. The molecule has 16 heavy (non-hydrogen) atoms. The minimum absolute atomic E-state index is 0.0105. The summed E-state index contributed by atoms with van der Waals surface area (Å²) in [5, 5.41) is 6.06. The molecule has 0 aromatic carbocycles. The van der Waals surface area contributed by atoms with Gasteiger partial charge >= 0.3 is 0 Å². The second kappa shape index (κ2) is 7.06. The van der Waals surface area contributed by atoms with Crippen LogP contribution in [0.25, 0.3) is 0 Å². The molecule has 1 amide bonds. The van der Waals surface area contributed by atoms with Crippen molar-refractivity contribution in [3.8, 4) is 0 Å². The Labute approximate surface area is 97.0 Å². The van der Waals surface area contributed by atoms with Gasteiger partial charge in [0.25, 0.3) is 5.91 Å². The molecule has 0 bridgehead atoms. The molecule has 4 heteroatoms. The Morgan fingerprint density at radius 1 is 1.38 bits per heavy atom. The van der Waals surface area contributed by atoms with Gasteiger partial charge < -0.3 is 15.2 Å². The van der Waals surface area contributed by atoms with Gasteiger partial charge in [-0.25, -0.2) is 0 Å². The van der Waals surface area contributed by atoms with Gasteiger partial charge in [-0.1, -0.05) is 13.8 Å². The van der Waals surface area contributed by atoms with Crippen molar-refractivity contribution < 1.29 is 4.79 Å². The first kappa shape index (κ1) is 12.8.